The van der Waals surface area contributed by atoms with Crippen LogP contribution in [0.1, 0.15) is 9.75 Å². The number of aryl methyl sites for hydroxylation is 1. The van der Waals surface area contributed by atoms with E-state index in [0.29, 0.717) is 0 Å². The third kappa shape index (κ3) is 5.45. The molecule has 0 aromatic carbocycles. The number of nitrogens with one attached hydrogen (secondary N) is 2. The molecule has 2 rings (SSSR count). The van der Waals surface area contributed by atoms with Gasteiger partial charge in [0.1, 0.15) is 12.7 Å². The number of rotatable bonds is 5. The van der Waals surface area contributed by atoms with Gasteiger partial charge in [-0.1, -0.05) is 0 Å². The minimum atomic E-state index is 0. The second kappa shape index (κ2) is 8.90. The van der Waals surface area contributed by atoms with Crippen LogP contribution in [0, 0.1) is 6.92 Å². The molecule has 0 aliphatic carbocycles. The number of aromatic nitrogens is 3. The van der Waals surface area contributed by atoms with Crippen LogP contribution in [0.3, 0.4) is 0 Å². The van der Waals surface area contributed by atoms with E-state index >= 15 is 0 Å². The third-order valence-electron chi connectivity index (χ3n) is 2.55. The molecule has 0 atom stereocenters. The smallest absolute Gasteiger partial charge is 0.191 e. The Morgan fingerprint density at radius 2 is 2.25 bits per heavy atom. The Morgan fingerprint density at radius 3 is 2.85 bits per heavy atom. The van der Waals surface area contributed by atoms with Gasteiger partial charge in [0.15, 0.2) is 5.96 Å². The van der Waals surface area contributed by atoms with E-state index in [2.05, 4.69) is 44.8 Å². The first-order valence-corrected chi connectivity index (χ1v) is 6.92. The van der Waals surface area contributed by atoms with Crippen LogP contribution in [-0.2, 0) is 13.1 Å². The van der Waals surface area contributed by atoms with Crippen LogP contribution in [0.4, 0.5) is 0 Å². The molecule has 0 aliphatic rings. The van der Waals surface area contributed by atoms with Crippen LogP contribution in [0.2, 0.25) is 0 Å². The lowest BCUT2D eigenvalue weighted by atomic mass is 10.4. The highest BCUT2D eigenvalue weighted by molar-refractivity contribution is 14.0. The summed E-state index contributed by atoms with van der Waals surface area (Å²) in [4.78, 5) is 10.7. The van der Waals surface area contributed by atoms with Gasteiger partial charge < -0.3 is 10.6 Å². The number of guanidine groups is 1. The SMILES string of the molecule is CN=C(NCCn1cncn1)NCc1ccc(C)s1.I. The first-order chi connectivity index (χ1) is 9.28. The van der Waals surface area contributed by atoms with Crippen molar-refractivity contribution >= 4 is 41.3 Å². The van der Waals surface area contributed by atoms with Crippen molar-refractivity contribution < 1.29 is 0 Å². The molecule has 0 radical (unpaired) electrons. The van der Waals surface area contributed by atoms with E-state index in [4.69, 9.17) is 0 Å². The number of thiophene rings is 1. The maximum Gasteiger partial charge on any atom is 0.191 e. The quantitative estimate of drug-likeness (QED) is 0.450. The van der Waals surface area contributed by atoms with Gasteiger partial charge in [-0.15, -0.1) is 35.3 Å². The fraction of sp³-hybridized carbons (Fsp3) is 0.417. The molecule has 0 saturated heterocycles. The van der Waals surface area contributed by atoms with Crippen LogP contribution in [0.15, 0.2) is 29.8 Å². The Hall–Kier alpha value is -1.16. The summed E-state index contributed by atoms with van der Waals surface area (Å²) in [6.45, 7) is 4.42. The minimum Gasteiger partial charge on any atom is -0.355 e. The van der Waals surface area contributed by atoms with E-state index < -0.39 is 0 Å². The van der Waals surface area contributed by atoms with Crippen LogP contribution in [0.25, 0.3) is 0 Å². The maximum absolute atomic E-state index is 4.18. The van der Waals surface area contributed by atoms with Gasteiger partial charge >= 0.3 is 0 Å². The summed E-state index contributed by atoms with van der Waals surface area (Å²) in [5.41, 5.74) is 0. The highest BCUT2D eigenvalue weighted by Gasteiger charge is 2.00. The lowest BCUT2D eigenvalue weighted by Crippen LogP contribution is -2.38. The molecule has 8 heteroatoms. The summed E-state index contributed by atoms with van der Waals surface area (Å²) in [5.74, 6) is 0.797. The zero-order chi connectivity index (χ0) is 13.5. The van der Waals surface area contributed by atoms with E-state index in [1.807, 2.05) is 0 Å². The molecule has 0 fully saturated rings. The second-order valence-corrected chi connectivity index (χ2v) is 5.40. The molecule has 0 saturated carbocycles. The predicted molar refractivity (Wildman–Crippen MR) is 92.7 cm³/mol. The van der Waals surface area contributed by atoms with Crippen molar-refractivity contribution in [1.29, 1.82) is 0 Å². The van der Waals surface area contributed by atoms with Gasteiger partial charge in [-0.2, -0.15) is 5.10 Å². The zero-order valence-electron chi connectivity index (χ0n) is 11.5. The molecule has 110 valence electrons. The van der Waals surface area contributed by atoms with E-state index in [1.54, 1.807) is 29.4 Å². The van der Waals surface area contributed by atoms with Crippen molar-refractivity contribution in [1.82, 2.24) is 25.4 Å². The van der Waals surface area contributed by atoms with Crippen LogP contribution >= 0.6 is 35.3 Å². The van der Waals surface area contributed by atoms with Crippen molar-refractivity contribution in [3.05, 3.63) is 34.5 Å². The van der Waals surface area contributed by atoms with Crippen molar-refractivity contribution in [2.24, 2.45) is 4.99 Å². The highest BCUT2D eigenvalue weighted by atomic mass is 127. The Morgan fingerprint density at radius 1 is 1.40 bits per heavy atom. The molecule has 0 aliphatic heterocycles. The van der Waals surface area contributed by atoms with Crippen LogP contribution in [-0.4, -0.2) is 34.3 Å². The largest absolute Gasteiger partial charge is 0.355 e. The highest BCUT2D eigenvalue weighted by Crippen LogP contribution is 2.14. The van der Waals surface area contributed by atoms with Crippen LogP contribution in [0.5, 0.6) is 0 Å². The monoisotopic (exact) mass is 406 g/mol. The second-order valence-electron chi connectivity index (χ2n) is 4.02. The number of hydrogen-bond acceptors (Lipinski definition) is 4. The summed E-state index contributed by atoms with van der Waals surface area (Å²) in [5, 5.41) is 10.6. The normalized spacial score (nSPS) is 11.0. The molecule has 6 nitrogen and oxygen atoms in total. The molecule has 20 heavy (non-hydrogen) atoms. The van der Waals surface area contributed by atoms with Gasteiger partial charge in [0, 0.05) is 23.3 Å². The minimum absolute atomic E-state index is 0. The number of hydrogen-bond donors (Lipinski definition) is 2. The average molecular weight is 406 g/mol. The standard InChI is InChI=1S/C12H18N6S.HI/c1-10-3-4-11(19-10)7-16-12(13-2)15-5-6-18-9-14-8-17-18;/h3-4,8-9H,5-7H2,1-2H3,(H2,13,15,16);1H. The van der Waals surface area contributed by atoms with Gasteiger partial charge in [0.05, 0.1) is 13.1 Å². The summed E-state index contributed by atoms with van der Waals surface area (Å²) in [6, 6.07) is 4.26. The predicted octanol–water partition coefficient (Wildman–Crippen LogP) is 1.63. The van der Waals surface area contributed by atoms with Crippen molar-refractivity contribution in [2.45, 2.75) is 20.0 Å². The van der Waals surface area contributed by atoms with E-state index in [-0.39, 0.29) is 24.0 Å². The lowest BCUT2D eigenvalue weighted by molar-refractivity contribution is 0.596. The van der Waals surface area contributed by atoms with Crippen molar-refractivity contribution in [2.75, 3.05) is 13.6 Å². The van der Waals surface area contributed by atoms with Gasteiger partial charge in [-0.05, 0) is 19.1 Å². The topological polar surface area (TPSA) is 67.1 Å². The Balaban J connectivity index is 0.00000200. The van der Waals surface area contributed by atoms with E-state index in [0.717, 1.165) is 25.6 Å². The molecule has 2 N–H and O–H groups in total. The van der Waals surface area contributed by atoms with E-state index in [1.165, 1.54) is 16.1 Å². The number of nitrogens with zero attached hydrogens (tertiary/aromatic N) is 4. The average Bonchev–Trinajstić information content (AvgIpc) is 3.05. The van der Waals surface area contributed by atoms with Crippen molar-refractivity contribution in [3.63, 3.8) is 0 Å². The first-order valence-electron chi connectivity index (χ1n) is 6.10. The van der Waals surface area contributed by atoms with Gasteiger partial charge in [0.25, 0.3) is 0 Å². The van der Waals surface area contributed by atoms with Gasteiger partial charge in [-0.3, -0.25) is 9.67 Å². The first kappa shape index (κ1) is 16.9. The fourth-order valence-electron chi connectivity index (χ4n) is 1.61. The maximum atomic E-state index is 4.18. The van der Waals surface area contributed by atoms with Gasteiger partial charge in [-0.25, -0.2) is 4.98 Å². The lowest BCUT2D eigenvalue weighted by Gasteiger charge is -2.10. The summed E-state index contributed by atoms with van der Waals surface area (Å²) in [6.07, 6.45) is 3.23. The van der Waals surface area contributed by atoms with E-state index in [9.17, 15) is 0 Å². The summed E-state index contributed by atoms with van der Waals surface area (Å²) in [7, 11) is 1.77. The molecule has 0 spiro atoms. The Kier molecular flexibility index (Phi) is 7.52. The zero-order valence-corrected chi connectivity index (χ0v) is 14.7. The molecule has 2 aromatic heterocycles. The Bertz CT molecular complexity index is 522. The number of halogens is 1. The van der Waals surface area contributed by atoms with Crippen LogP contribution < -0.4 is 10.6 Å². The Labute approximate surface area is 139 Å². The molecule has 0 unspecified atom stereocenters. The van der Waals surface area contributed by atoms with Crippen molar-refractivity contribution in [3.8, 4) is 0 Å². The fourth-order valence-corrected chi connectivity index (χ4v) is 2.44. The molecule has 0 amide bonds. The number of aliphatic imine (C=N–C) groups is 1. The molecule has 2 heterocycles. The van der Waals surface area contributed by atoms with Gasteiger partial charge in [0.2, 0.25) is 0 Å². The molecule has 2 aromatic rings. The summed E-state index contributed by atoms with van der Waals surface area (Å²) >= 11 is 1.79. The molecular formula is C12H19IN6S. The summed E-state index contributed by atoms with van der Waals surface area (Å²) < 4.78 is 1.78. The molecule has 0 bridgehead atoms. The third-order valence-corrected chi connectivity index (χ3v) is 3.55. The molecular weight excluding hydrogens is 387 g/mol.